The summed E-state index contributed by atoms with van der Waals surface area (Å²) in [5.74, 6) is -0.655. The molecule has 8 heteroatoms. The Bertz CT molecular complexity index is 523. The van der Waals surface area contributed by atoms with Gasteiger partial charge in [0.1, 0.15) is 11.6 Å². The van der Waals surface area contributed by atoms with Gasteiger partial charge in [-0.3, -0.25) is 14.9 Å². The van der Waals surface area contributed by atoms with E-state index in [4.69, 9.17) is 4.42 Å². The highest BCUT2D eigenvalue weighted by Gasteiger charge is 2.18. The Hall–Kier alpha value is -2.22. The number of carbonyl (C=O) groups is 2. The van der Waals surface area contributed by atoms with Gasteiger partial charge in [0.25, 0.3) is 5.91 Å². The number of carbonyl (C=O) groups excluding carboxylic acids is 2. The third kappa shape index (κ3) is 2.92. The van der Waals surface area contributed by atoms with Crippen molar-refractivity contribution in [3.63, 3.8) is 0 Å². The van der Waals surface area contributed by atoms with Gasteiger partial charge in [0.05, 0.1) is 6.26 Å². The lowest BCUT2D eigenvalue weighted by Gasteiger charge is -2.11. The SMILES string of the molecule is C[C@@H](NC(=O)c1ccco1)C(=O)Nc1nncs1. The van der Waals surface area contributed by atoms with Gasteiger partial charge in [-0.15, -0.1) is 10.2 Å². The third-order valence-corrected chi connectivity index (χ3v) is 2.68. The van der Waals surface area contributed by atoms with E-state index < -0.39 is 11.9 Å². The second-order valence-corrected chi connectivity index (χ2v) is 4.24. The van der Waals surface area contributed by atoms with Crippen LogP contribution in [0.1, 0.15) is 17.5 Å². The number of hydrogen-bond acceptors (Lipinski definition) is 6. The summed E-state index contributed by atoms with van der Waals surface area (Å²) in [6.45, 7) is 1.57. The van der Waals surface area contributed by atoms with E-state index in [1.54, 1.807) is 13.0 Å². The molecular formula is C10H10N4O3S. The fourth-order valence-electron chi connectivity index (χ4n) is 1.18. The van der Waals surface area contributed by atoms with Crippen molar-refractivity contribution in [3.05, 3.63) is 29.7 Å². The van der Waals surface area contributed by atoms with Gasteiger partial charge < -0.3 is 9.73 Å². The molecule has 0 aliphatic rings. The minimum atomic E-state index is -0.702. The van der Waals surface area contributed by atoms with Crippen molar-refractivity contribution in [1.29, 1.82) is 0 Å². The van der Waals surface area contributed by atoms with Crippen LogP contribution < -0.4 is 10.6 Å². The van der Waals surface area contributed by atoms with E-state index in [0.717, 1.165) is 0 Å². The summed E-state index contributed by atoms with van der Waals surface area (Å²) >= 11 is 1.20. The molecule has 1 atom stereocenters. The molecule has 18 heavy (non-hydrogen) atoms. The van der Waals surface area contributed by atoms with Crippen LogP contribution in [0.3, 0.4) is 0 Å². The summed E-state index contributed by atoms with van der Waals surface area (Å²) in [4.78, 5) is 23.3. The summed E-state index contributed by atoms with van der Waals surface area (Å²) in [5.41, 5.74) is 1.50. The molecule has 0 saturated heterocycles. The molecule has 2 aromatic heterocycles. The maximum atomic E-state index is 11.7. The minimum absolute atomic E-state index is 0.158. The van der Waals surface area contributed by atoms with Crippen molar-refractivity contribution >= 4 is 28.3 Å². The number of anilines is 1. The summed E-state index contributed by atoms with van der Waals surface area (Å²) in [6, 6.07) is 2.41. The van der Waals surface area contributed by atoms with E-state index in [0.29, 0.717) is 5.13 Å². The first-order chi connectivity index (χ1) is 8.66. The summed E-state index contributed by atoms with van der Waals surface area (Å²) in [6.07, 6.45) is 1.39. The van der Waals surface area contributed by atoms with Crippen molar-refractivity contribution in [2.75, 3.05) is 5.32 Å². The van der Waals surface area contributed by atoms with Crippen LogP contribution in [0.5, 0.6) is 0 Å². The molecule has 2 rings (SSSR count). The molecule has 0 unspecified atom stereocenters. The van der Waals surface area contributed by atoms with E-state index >= 15 is 0 Å². The van der Waals surface area contributed by atoms with Gasteiger partial charge >= 0.3 is 0 Å². The van der Waals surface area contributed by atoms with Crippen LogP contribution in [0.15, 0.2) is 28.3 Å². The Morgan fingerprint density at radius 1 is 1.50 bits per heavy atom. The number of aromatic nitrogens is 2. The Morgan fingerprint density at radius 2 is 2.33 bits per heavy atom. The Morgan fingerprint density at radius 3 is 2.94 bits per heavy atom. The topological polar surface area (TPSA) is 97.1 Å². The molecule has 0 aromatic carbocycles. The highest BCUT2D eigenvalue weighted by atomic mass is 32.1. The van der Waals surface area contributed by atoms with Gasteiger partial charge in [0, 0.05) is 0 Å². The Balaban J connectivity index is 1.89. The number of nitrogens with one attached hydrogen (secondary N) is 2. The number of rotatable bonds is 4. The Labute approximate surface area is 106 Å². The summed E-state index contributed by atoms with van der Waals surface area (Å²) < 4.78 is 4.92. The normalized spacial score (nSPS) is 11.8. The van der Waals surface area contributed by atoms with Crippen LogP contribution in [0.25, 0.3) is 0 Å². The average molecular weight is 266 g/mol. The van der Waals surface area contributed by atoms with Crippen LogP contribution in [-0.2, 0) is 4.79 Å². The van der Waals surface area contributed by atoms with E-state index in [-0.39, 0.29) is 11.7 Å². The Kier molecular flexibility index (Phi) is 3.68. The second-order valence-electron chi connectivity index (χ2n) is 3.41. The van der Waals surface area contributed by atoms with E-state index in [1.165, 1.54) is 29.2 Å². The fraction of sp³-hybridized carbons (Fsp3) is 0.200. The lowest BCUT2D eigenvalue weighted by molar-refractivity contribution is -0.117. The highest BCUT2D eigenvalue weighted by molar-refractivity contribution is 7.13. The average Bonchev–Trinajstić information content (AvgIpc) is 3.01. The van der Waals surface area contributed by atoms with Gasteiger partial charge in [0.15, 0.2) is 5.76 Å². The summed E-state index contributed by atoms with van der Waals surface area (Å²) in [7, 11) is 0. The largest absolute Gasteiger partial charge is 0.459 e. The number of amides is 2. The molecule has 2 aromatic rings. The number of hydrogen-bond donors (Lipinski definition) is 2. The molecule has 0 spiro atoms. The maximum absolute atomic E-state index is 11.7. The van der Waals surface area contributed by atoms with Gasteiger partial charge in [-0.1, -0.05) is 11.3 Å². The van der Waals surface area contributed by atoms with Crippen molar-refractivity contribution in [2.45, 2.75) is 13.0 Å². The highest BCUT2D eigenvalue weighted by Crippen LogP contribution is 2.08. The van der Waals surface area contributed by atoms with E-state index in [1.807, 2.05) is 0 Å². The zero-order valence-corrected chi connectivity index (χ0v) is 10.2. The zero-order chi connectivity index (χ0) is 13.0. The predicted octanol–water partition coefficient (Wildman–Crippen LogP) is 0.888. The van der Waals surface area contributed by atoms with Crippen LogP contribution in [0, 0.1) is 0 Å². The van der Waals surface area contributed by atoms with Gasteiger partial charge in [-0.2, -0.15) is 0 Å². The quantitative estimate of drug-likeness (QED) is 0.856. The first kappa shape index (κ1) is 12.2. The lowest BCUT2D eigenvalue weighted by Crippen LogP contribution is -2.41. The fourth-order valence-corrected chi connectivity index (χ4v) is 1.63. The lowest BCUT2D eigenvalue weighted by atomic mass is 10.3. The van der Waals surface area contributed by atoms with Crippen molar-refractivity contribution in [2.24, 2.45) is 0 Å². The predicted molar refractivity (Wildman–Crippen MR) is 64.2 cm³/mol. The van der Waals surface area contributed by atoms with E-state index in [9.17, 15) is 9.59 Å². The zero-order valence-electron chi connectivity index (χ0n) is 9.41. The maximum Gasteiger partial charge on any atom is 0.287 e. The van der Waals surface area contributed by atoms with Gasteiger partial charge in [-0.25, -0.2) is 0 Å². The second kappa shape index (κ2) is 5.41. The standard InChI is InChI=1S/C10H10N4O3S/c1-6(8(15)13-10-14-11-5-18-10)12-9(16)7-3-2-4-17-7/h2-6H,1H3,(H,12,16)(H,13,14,15)/t6-/m1/s1. The van der Waals surface area contributed by atoms with E-state index in [2.05, 4.69) is 20.8 Å². The van der Waals surface area contributed by atoms with Crippen LogP contribution in [0.4, 0.5) is 5.13 Å². The van der Waals surface area contributed by atoms with Gasteiger partial charge in [-0.05, 0) is 19.1 Å². The summed E-state index contributed by atoms with van der Waals surface area (Å²) in [5, 5.41) is 12.7. The van der Waals surface area contributed by atoms with Crippen LogP contribution >= 0.6 is 11.3 Å². The molecule has 94 valence electrons. The molecule has 0 aliphatic carbocycles. The molecule has 0 fully saturated rings. The van der Waals surface area contributed by atoms with Crippen molar-refractivity contribution in [3.8, 4) is 0 Å². The monoisotopic (exact) mass is 266 g/mol. The third-order valence-electron chi connectivity index (χ3n) is 2.08. The van der Waals surface area contributed by atoms with Crippen LogP contribution in [-0.4, -0.2) is 28.1 Å². The van der Waals surface area contributed by atoms with Crippen molar-refractivity contribution < 1.29 is 14.0 Å². The molecule has 0 saturated carbocycles. The first-order valence-electron chi connectivity index (χ1n) is 5.08. The van der Waals surface area contributed by atoms with Crippen LogP contribution in [0.2, 0.25) is 0 Å². The molecule has 2 heterocycles. The molecule has 7 nitrogen and oxygen atoms in total. The molecule has 2 N–H and O–H groups in total. The first-order valence-corrected chi connectivity index (χ1v) is 5.96. The van der Waals surface area contributed by atoms with Gasteiger partial charge in [0.2, 0.25) is 11.0 Å². The molecular weight excluding hydrogens is 256 g/mol. The van der Waals surface area contributed by atoms with Crippen molar-refractivity contribution in [1.82, 2.24) is 15.5 Å². The number of furan rings is 1. The molecule has 0 bridgehead atoms. The smallest absolute Gasteiger partial charge is 0.287 e. The molecule has 0 radical (unpaired) electrons. The number of nitrogens with zero attached hydrogens (tertiary/aromatic N) is 2. The molecule has 2 amide bonds. The minimum Gasteiger partial charge on any atom is -0.459 e. The molecule has 0 aliphatic heterocycles.